The van der Waals surface area contributed by atoms with E-state index in [4.69, 9.17) is 0 Å². The monoisotopic (exact) mass is 337 g/mol. The molecule has 0 amide bonds. The van der Waals surface area contributed by atoms with Crippen LogP contribution in [-0.2, 0) is 0 Å². The van der Waals surface area contributed by atoms with Crippen molar-refractivity contribution < 1.29 is 4.92 Å². The standard InChI is InChI=1S/C12H8BrN3O2S/c1-7-6-19-12-14-10(11(13)15(7)12)8-2-4-9(5-3-8)16(17)18/h2-6H,1H3. The van der Waals surface area contributed by atoms with Gasteiger partial charge in [0.05, 0.1) is 4.92 Å². The number of fused-ring (bicyclic) bond motifs is 1. The lowest BCUT2D eigenvalue weighted by Crippen LogP contribution is -1.88. The molecule has 19 heavy (non-hydrogen) atoms. The van der Waals surface area contributed by atoms with Crippen molar-refractivity contribution in [3.8, 4) is 11.3 Å². The Hall–Kier alpha value is -1.73. The SMILES string of the molecule is Cc1csc2nc(-c3ccc([N+](=O)[O-])cc3)c(Br)n12. The zero-order chi connectivity index (χ0) is 13.6. The molecule has 0 saturated carbocycles. The van der Waals surface area contributed by atoms with Crippen LogP contribution < -0.4 is 0 Å². The van der Waals surface area contributed by atoms with Gasteiger partial charge >= 0.3 is 0 Å². The van der Waals surface area contributed by atoms with Gasteiger partial charge in [0.1, 0.15) is 10.3 Å². The quantitative estimate of drug-likeness (QED) is 0.523. The average Bonchev–Trinajstić information content (AvgIpc) is 2.91. The lowest BCUT2D eigenvalue weighted by Gasteiger charge is -1.98. The van der Waals surface area contributed by atoms with E-state index in [2.05, 4.69) is 20.9 Å². The van der Waals surface area contributed by atoms with E-state index in [1.165, 1.54) is 12.1 Å². The van der Waals surface area contributed by atoms with Gasteiger partial charge in [0.2, 0.25) is 0 Å². The Balaban J connectivity index is 2.13. The summed E-state index contributed by atoms with van der Waals surface area (Å²) < 4.78 is 2.89. The van der Waals surface area contributed by atoms with Crippen LogP contribution in [0.15, 0.2) is 34.2 Å². The molecule has 0 atom stereocenters. The van der Waals surface area contributed by atoms with E-state index in [9.17, 15) is 10.1 Å². The minimum absolute atomic E-state index is 0.0806. The van der Waals surface area contributed by atoms with Crippen LogP contribution in [0.1, 0.15) is 5.69 Å². The number of thiazole rings is 1. The molecule has 0 radical (unpaired) electrons. The van der Waals surface area contributed by atoms with Crippen LogP contribution in [0.2, 0.25) is 0 Å². The van der Waals surface area contributed by atoms with Crippen molar-refractivity contribution in [2.45, 2.75) is 6.92 Å². The minimum Gasteiger partial charge on any atom is -0.281 e. The highest BCUT2D eigenvalue weighted by molar-refractivity contribution is 9.10. The van der Waals surface area contributed by atoms with Crippen LogP contribution in [0.5, 0.6) is 0 Å². The summed E-state index contributed by atoms with van der Waals surface area (Å²) in [7, 11) is 0. The normalized spacial score (nSPS) is 11.1. The maximum atomic E-state index is 10.6. The number of hydrogen-bond donors (Lipinski definition) is 0. The molecule has 2 heterocycles. The maximum Gasteiger partial charge on any atom is 0.269 e. The molecule has 3 aromatic rings. The lowest BCUT2D eigenvalue weighted by atomic mass is 10.1. The lowest BCUT2D eigenvalue weighted by molar-refractivity contribution is -0.384. The summed E-state index contributed by atoms with van der Waals surface area (Å²) in [6.45, 7) is 2.01. The zero-order valence-corrected chi connectivity index (χ0v) is 12.2. The Morgan fingerprint density at radius 3 is 2.63 bits per heavy atom. The molecular weight excluding hydrogens is 330 g/mol. The number of non-ortho nitro benzene ring substituents is 1. The molecule has 7 heteroatoms. The third kappa shape index (κ3) is 1.95. The molecule has 0 aliphatic carbocycles. The van der Waals surface area contributed by atoms with Gasteiger partial charge in [0, 0.05) is 28.8 Å². The molecule has 0 saturated heterocycles. The molecule has 3 rings (SSSR count). The molecule has 0 aliphatic rings. The van der Waals surface area contributed by atoms with Gasteiger partial charge in [-0.3, -0.25) is 14.5 Å². The van der Waals surface area contributed by atoms with Gasteiger partial charge in [0.15, 0.2) is 4.96 Å². The van der Waals surface area contributed by atoms with Gasteiger partial charge in [-0.25, -0.2) is 4.98 Å². The minimum atomic E-state index is -0.408. The number of hydrogen-bond acceptors (Lipinski definition) is 4. The molecule has 0 fully saturated rings. The van der Waals surface area contributed by atoms with E-state index < -0.39 is 4.92 Å². The molecular formula is C12H8BrN3O2S. The molecule has 0 spiro atoms. The number of imidazole rings is 1. The van der Waals surface area contributed by atoms with Crippen LogP contribution in [0.4, 0.5) is 5.69 Å². The maximum absolute atomic E-state index is 10.6. The number of aromatic nitrogens is 2. The van der Waals surface area contributed by atoms with E-state index in [0.29, 0.717) is 0 Å². The van der Waals surface area contributed by atoms with Gasteiger partial charge in [-0.05, 0) is 35.0 Å². The Morgan fingerprint density at radius 1 is 1.37 bits per heavy atom. The fourth-order valence-corrected chi connectivity index (χ4v) is 3.63. The Kier molecular flexibility index (Phi) is 2.87. The summed E-state index contributed by atoms with van der Waals surface area (Å²) in [4.78, 5) is 15.7. The summed E-state index contributed by atoms with van der Waals surface area (Å²) in [5.41, 5.74) is 2.84. The van der Waals surface area contributed by atoms with Crippen LogP contribution in [0, 0.1) is 17.0 Å². The van der Waals surface area contributed by atoms with Crippen LogP contribution in [0.3, 0.4) is 0 Å². The van der Waals surface area contributed by atoms with Crippen LogP contribution in [0.25, 0.3) is 16.2 Å². The summed E-state index contributed by atoms with van der Waals surface area (Å²) >= 11 is 5.10. The first-order valence-corrected chi connectivity index (χ1v) is 7.12. The summed E-state index contributed by atoms with van der Waals surface area (Å²) in [6, 6.07) is 6.40. The van der Waals surface area contributed by atoms with Crippen molar-refractivity contribution in [3.05, 3.63) is 50.1 Å². The third-order valence-corrected chi connectivity index (χ3v) is 4.50. The molecule has 5 nitrogen and oxygen atoms in total. The average molecular weight is 338 g/mol. The number of halogens is 1. The number of nitro benzene ring substituents is 1. The molecule has 0 bridgehead atoms. The Labute approximate surface area is 120 Å². The van der Waals surface area contributed by atoms with Crippen molar-refractivity contribution in [1.29, 1.82) is 0 Å². The summed E-state index contributed by atoms with van der Waals surface area (Å²) in [6.07, 6.45) is 0. The highest BCUT2D eigenvalue weighted by atomic mass is 79.9. The molecule has 2 aromatic heterocycles. The fraction of sp³-hybridized carbons (Fsp3) is 0.0833. The first kappa shape index (κ1) is 12.3. The van der Waals surface area contributed by atoms with E-state index in [1.807, 2.05) is 16.7 Å². The largest absolute Gasteiger partial charge is 0.281 e. The van der Waals surface area contributed by atoms with Crippen molar-refractivity contribution in [1.82, 2.24) is 9.38 Å². The molecule has 0 aliphatic heterocycles. The Bertz CT molecular complexity index is 776. The molecule has 0 N–H and O–H groups in total. The van der Waals surface area contributed by atoms with Gasteiger partial charge in [-0.1, -0.05) is 0 Å². The number of nitro groups is 1. The van der Waals surface area contributed by atoms with Crippen LogP contribution in [-0.4, -0.2) is 14.3 Å². The molecule has 0 unspecified atom stereocenters. The third-order valence-electron chi connectivity index (χ3n) is 2.83. The first-order valence-electron chi connectivity index (χ1n) is 5.45. The van der Waals surface area contributed by atoms with Gasteiger partial charge < -0.3 is 0 Å². The second-order valence-corrected chi connectivity index (χ2v) is 5.64. The second-order valence-electron chi connectivity index (χ2n) is 4.05. The van der Waals surface area contributed by atoms with Crippen molar-refractivity contribution >= 4 is 37.9 Å². The molecule has 1 aromatic carbocycles. The predicted molar refractivity (Wildman–Crippen MR) is 77.6 cm³/mol. The number of nitrogens with zero attached hydrogens (tertiary/aromatic N) is 3. The van der Waals surface area contributed by atoms with Crippen molar-refractivity contribution in [3.63, 3.8) is 0 Å². The summed E-state index contributed by atoms with van der Waals surface area (Å²) in [5, 5.41) is 12.7. The van der Waals surface area contributed by atoms with Crippen molar-refractivity contribution in [2.75, 3.05) is 0 Å². The van der Waals surface area contributed by atoms with E-state index >= 15 is 0 Å². The number of aryl methyl sites for hydroxylation is 1. The highest BCUT2D eigenvalue weighted by Crippen LogP contribution is 2.32. The molecule has 96 valence electrons. The van der Waals surface area contributed by atoms with Gasteiger partial charge in [0.25, 0.3) is 5.69 Å². The topological polar surface area (TPSA) is 60.4 Å². The van der Waals surface area contributed by atoms with Crippen LogP contribution >= 0.6 is 27.3 Å². The van der Waals surface area contributed by atoms with Gasteiger partial charge in [-0.2, -0.15) is 0 Å². The second kappa shape index (κ2) is 4.43. The van der Waals surface area contributed by atoms with E-state index in [-0.39, 0.29) is 5.69 Å². The van der Waals surface area contributed by atoms with E-state index in [0.717, 1.165) is 26.5 Å². The fourth-order valence-electron chi connectivity index (χ4n) is 1.88. The van der Waals surface area contributed by atoms with Crippen molar-refractivity contribution in [2.24, 2.45) is 0 Å². The smallest absolute Gasteiger partial charge is 0.269 e. The number of rotatable bonds is 2. The Morgan fingerprint density at radius 2 is 2.05 bits per heavy atom. The summed E-state index contributed by atoms with van der Waals surface area (Å²) in [5.74, 6) is 0. The highest BCUT2D eigenvalue weighted by Gasteiger charge is 2.15. The predicted octanol–water partition coefficient (Wildman–Crippen LogP) is 4.04. The van der Waals surface area contributed by atoms with Gasteiger partial charge in [-0.15, -0.1) is 11.3 Å². The first-order chi connectivity index (χ1) is 9.08. The zero-order valence-electron chi connectivity index (χ0n) is 9.83. The van der Waals surface area contributed by atoms with E-state index in [1.54, 1.807) is 23.5 Å². The number of benzene rings is 1.